The number of carbonyl (C=O) groups is 1. The highest BCUT2D eigenvalue weighted by Gasteiger charge is 2.29. The van der Waals surface area contributed by atoms with Gasteiger partial charge in [0, 0.05) is 0 Å². The largest absolute Gasteiger partial charge is 0.454 e. The van der Waals surface area contributed by atoms with Crippen molar-refractivity contribution in [2.24, 2.45) is 10.2 Å². The summed E-state index contributed by atoms with van der Waals surface area (Å²) in [6, 6.07) is 15.0. The van der Waals surface area contributed by atoms with Gasteiger partial charge in [0.25, 0.3) is 0 Å². The average Bonchev–Trinajstić information content (AvgIpc) is 3.22. The summed E-state index contributed by atoms with van der Waals surface area (Å²) in [4.78, 5) is 13.7. The topological polar surface area (TPSA) is 63.5 Å². The van der Waals surface area contributed by atoms with Crippen molar-refractivity contribution in [3.63, 3.8) is 0 Å². The van der Waals surface area contributed by atoms with Gasteiger partial charge < -0.3 is 9.47 Å². The molecular formula is C17H13N3O3S. The Hall–Kier alpha value is -2.80. The lowest BCUT2D eigenvalue weighted by Crippen LogP contribution is -2.28. The minimum atomic E-state index is 0.00299. The van der Waals surface area contributed by atoms with Crippen LogP contribution in [-0.4, -0.2) is 29.8 Å². The zero-order valence-electron chi connectivity index (χ0n) is 12.6. The molecule has 24 heavy (non-hydrogen) atoms. The standard InChI is InChI=1S/C17H13N3O3S/c21-16-10-24-17(20(16)13-4-2-1-3-5-13)19-18-9-12-6-7-14-15(8-12)23-11-22-14/h1-9H,10-11H2/b18-9+,19-17-. The summed E-state index contributed by atoms with van der Waals surface area (Å²) in [6.07, 6.45) is 1.63. The summed E-state index contributed by atoms with van der Waals surface area (Å²) in [6.45, 7) is 0.239. The molecule has 0 aliphatic carbocycles. The van der Waals surface area contributed by atoms with E-state index in [0.717, 1.165) is 17.0 Å². The fourth-order valence-corrected chi connectivity index (χ4v) is 3.23. The van der Waals surface area contributed by atoms with E-state index in [4.69, 9.17) is 9.47 Å². The van der Waals surface area contributed by atoms with Gasteiger partial charge in [-0.15, -0.1) is 5.10 Å². The average molecular weight is 339 g/mol. The summed E-state index contributed by atoms with van der Waals surface area (Å²) >= 11 is 1.38. The molecule has 0 radical (unpaired) electrons. The molecule has 7 heteroatoms. The van der Waals surface area contributed by atoms with Crippen molar-refractivity contribution >= 4 is 34.7 Å². The maximum absolute atomic E-state index is 12.1. The van der Waals surface area contributed by atoms with Gasteiger partial charge in [-0.05, 0) is 35.9 Å². The molecule has 2 aromatic carbocycles. The zero-order valence-corrected chi connectivity index (χ0v) is 13.4. The van der Waals surface area contributed by atoms with E-state index >= 15 is 0 Å². The number of rotatable bonds is 3. The lowest BCUT2D eigenvalue weighted by molar-refractivity contribution is -0.115. The van der Waals surface area contributed by atoms with Crippen molar-refractivity contribution < 1.29 is 14.3 Å². The van der Waals surface area contributed by atoms with Crippen molar-refractivity contribution in [1.82, 2.24) is 0 Å². The predicted molar refractivity (Wildman–Crippen MR) is 94.0 cm³/mol. The third kappa shape index (κ3) is 2.85. The smallest absolute Gasteiger partial charge is 0.243 e. The van der Waals surface area contributed by atoms with Crippen molar-refractivity contribution in [2.45, 2.75) is 0 Å². The van der Waals surface area contributed by atoms with Gasteiger partial charge >= 0.3 is 0 Å². The van der Waals surface area contributed by atoms with Crippen LogP contribution in [-0.2, 0) is 4.79 Å². The Morgan fingerprint density at radius 3 is 2.79 bits per heavy atom. The van der Waals surface area contributed by atoms with Crippen LogP contribution in [0.3, 0.4) is 0 Å². The van der Waals surface area contributed by atoms with E-state index in [2.05, 4.69) is 10.2 Å². The molecule has 0 spiro atoms. The zero-order chi connectivity index (χ0) is 16.4. The van der Waals surface area contributed by atoms with Gasteiger partial charge in [0.2, 0.25) is 12.7 Å². The van der Waals surface area contributed by atoms with Crippen molar-refractivity contribution in [1.29, 1.82) is 0 Å². The first kappa shape index (κ1) is 14.8. The van der Waals surface area contributed by atoms with Crippen LogP contribution in [0.15, 0.2) is 58.7 Å². The molecule has 0 saturated carbocycles. The van der Waals surface area contributed by atoms with Crippen LogP contribution >= 0.6 is 11.8 Å². The maximum Gasteiger partial charge on any atom is 0.243 e. The lowest BCUT2D eigenvalue weighted by atomic mass is 10.2. The number of amides is 1. The fraction of sp³-hybridized carbons (Fsp3) is 0.118. The van der Waals surface area contributed by atoms with Crippen LogP contribution in [0.5, 0.6) is 11.5 Å². The van der Waals surface area contributed by atoms with E-state index in [9.17, 15) is 4.79 Å². The summed E-state index contributed by atoms with van der Waals surface area (Å²) in [5, 5.41) is 8.89. The molecule has 1 saturated heterocycles. The second kappa shape index (κ2) is 6.37. The maximum atomic E-state index is 12.1. The third-order valence-corrected chi connectivity index (χ3v) is 4.44. The van der Waals surface area contributed by atoms with Gasteiger partial charge in [-0.2, -0.15) is 5.10 Å². The quantitative estimate of drug-likeness (QED) is 0.637. The van der Waals surface area contributed by atoms with Crippen molar-refractivity contribution in [3.05, 3.63) is 54.1 Å². The van der Waals surface area contributed by atoms with Crippen molar-refractivity contribution in [3.8, 4) is 11.5 Å². The summed E-state index contributed by atoms with van der Waals surface area (Å²) in [7, 11) is 0. The molecule has 4 rings (SSSR count). The van der Waals surface area contributed by atoms with E-state index in [0.29, 0.717) is 16.7 Å². The van der Waals surface area contributed by atoms with E-state index in [1.165, 1.54) is 11.8 Å². The first-order valence-corrected chi connectivity index (χ1v) is 8.31. The molecular weight excluding hydrogens is 326 g/mol. The molecule has 120 valence electrons. The van der Waals surface area contributed by atoms with Gasteiger partial charge in [0.15, 0.2) is 16.7 Å². The Morgan fingerprint density at radius 2 is 1.92 bits per heavy atom. The van der Waals surface area contributed by atoms with Gasteiger partial charge in [0.1, 0.15) is 0 Å². The Morgan fingerprint density at radius 1 is 1.08 bits per heavy atom. The molecule has 0 unspecified atom stereocenters. The number of nitrogens with zero attached hydrogens (tertiary/aromatic N) is 3. The molecule has 0 aromatic heterocycles. The molecule has 0 bridgehead atoms. The highest BCUT2D eigenvalue weighted by Crippen LogP contribution is 2.32. The number of hydrogen-bond donors (Lipinski definition) is 0. The van der Waals surface area contributed by atoms with Gasteiger partial charge in [-0.3, -0.25) is 9.69 Å². The monoisotopic (exact) mass is 339 g/mol. The number of fused-ring (bicyclic) bond motifs is 1. The first-order chi connectivity index (χ1) is 11.8. The molecule has 1 amide bonds. The van der Waals surface area contributed by atoms with Crippen LogP contribution in [0.2, 0.25) is 0 Å². The summed E-state index contributed by atoms with van der Waals surface area (Å²) in [5.74, 6) is 1.80. The number of ether oxygens (including phenoxy) is 2. The third-order valence-electron chi connectivity index (χ3n) is 3.53. The molecule has 1 fully saturated rings. The number of hydrogen-bond acceptors (Lipinski definition) is 6. The predicted octanol–water partition coefficient (Wildman–Crippen LogP) is 2.89. The number of carbonyl (C=O) groups excluding carboxylic acids is 1. The highest BCUT2D eigenvalue weighted by atomic mass is 32.2. The number of thioether (sulfide) groups is 1. The normalized spacial score (nSPS) is 18.1. The molecule has 2 aliphatic rings. The van der Waals surface area contributed by atoms with E-state index < -0.39 is 0 Å². The highest BCUT2D eigenvalue weighted by molar-refractivity contribution is 8.15. The Kier molecular flexibility index (Phi) is 3.92. The Balaban J connectivity index is 1.55. The summed E-state index contributed by atoms with van der Waals surface area (Å²) in [5.41, 5.74) is 1.65. The minimum Gasteiger partial charge on any atom is -0.454 e. The Bertz CT molecular complexity index is 836. The van der Waals surface area contributed by atoms with Gasteiger partial charge in [-0.1, -0.05) is 30.0 Å². The first-order valence-electron chi connectivity index (χ1n) is 7.33. The van der Waals surface area contributed by atoms with Crippen LogP contribution in [0.1, 0.15) is 5.56 Å². The Labute approximate surface area is 142 Å². The number of anilines is 1. The second-order valence-electron chi connectivity index (χ2n) is 5.09. The molecule has 2 heterocycles. The SMILES string of the molecule is O=C1CS/C(=N\N=C\c2ccc3c(c2)OCO3)N1c1ccccc1. The van der Waals surface area contributed by atoms with Crippen LogP contribution in [0.25, 0.3) is 0 Å². The van der Waals surface area contributed by atoms with Gasteiger partial charge in [-0.25, -0.2) is 0 Å². The van der Waals surface area contributed by atoms with E-state index in [1.807, 2.05) is 48.5 Å². The number of amidine groups is 1. The minimum absolute atomic E-state index is 0.00299. The molecule has 0 atom stereocenters. The fourth-order valence-electron chi connectivity index (χ4n) is 2.41. The lowest BCUT2D eigenvalue weighted by Gasteiger charge is -2.14. The van der Waals surface area contributed by atoms with Crippen LogP contribution < -0.4 is 14.4 Å². The van der Waals surface area contributed by atoms with Crippen molar-refractivity contribution in [2.75, 3.05) is 17.4 Å². The van der Waals surface area contributed by atoms with Crippen LogP contribution in [0, 0.1) is 0 Å². The number of para-hydroxylation sites is 1. The second-order valence-corrected chi connectivity index (χ2v) is 6.04. The van der Waals surface area contributed by atoms with E-state index in [1.54, 1.807) is 11.1 Å². The molecule has 6 nitrogen and oxygen atoms in total. The van der Waals surface area contributed by atoms with E-state index in [-0.39, 0.29) is 12.7 Å². The molecule has 0 N–H and O–H groups in total. The van der Waals surface area contributed by atoms with Crippen LogP contribution in [0.4, 0.5) is 5.69 Å². The number of benzene rings is 2. The molecule has 2 aromatic rings. The van der Waals surface area contributed by atoms with Gasteiger partial charge in [0.05, 0.1) is 17.7 Å². The molecule has 2 aliphatic heterocycles. The summed E-state index contributed by atoms with van der Waals surface area (Å²) < 4.78 is 10.6.